The molecule has 0 radical (unpaired) electrons. The summed E-state index contributed by atoms with van der Waals surface area (Å²) >= 11 is 0. The molecule has 6 nitrogen and oxygen atoms in total. The molecule has 0 saturated carbocycles. The van der Waals surface area contributed by atoms with Crippen molar-refractivity contribution in [2.75, 3.05) is 14.2 Å². The molecule has 22 heavy (non-hydrogen) atoms. The molecule has 0 N–H and O–H groups in total. The number of nitrogens with zero attached hydrogens (tertiary/aromatic N) is 2. The van der Waals surface area contributed by atoms with Crippen molar-refractivity contribution in [2.24, 2.45) is 5.92 Å². The summed E-state index contributed by atoms with van der Waals surface area (Å²) in [5, 5.41) is 0. The fourth-order valence-electron chi connectivity index (χ4n) is 2.22. The number of imidazole rings is 1. The first-order valence-corrected chi connectivity index (χ1v) is 6.89. The Bertz CT molecular complexity index is 621. The topological polar surface area (TPSA) is 70.4 Å². The number of hydrogen-bond acceptors (Lipinski definition) is 5. The van der Waals surface area contributed by atoms with E-state index < -0.39 is 17.9 Å². The standard InChI is InChI=1S/C16H18N2O4/c1-21-15(19)13(16(20)22-2)8-10-18-11-9-17-14(18)12-6-4-3-5-7-12/h3-7,9,11,13H,8,10H2,1-2H3. The Labute approximate surface area is 128 Å². The lowest BCUT2D eigenvalue weighted by Gasteiger charge is -2.14. The molecular formula is C16H18N2O4. The lowest BCUT2D eigenvalue weighted by atomic mass is 10.1. The first kappa shape index (κ1) is 15.8. The minimum absolute atomic E-state index is 0.287. The number of aryl methyl sites for hydroxylation is 1. The van der Waals surface area contributed by atoms with Crippen molar-refractivity contribution in [3.8, 4) is 11.4 Å². The van der Waals surface area contributed by atoms with Gasteiger partial charge in [-0.2, -0.15) is 0 Å². The van der Waals surface area contributed by atoms with Crippen molar-refractivity contribution in [2.45, 2.75) is 13.0 Å². The molecule has 0 aliphatic heterocycles. The van der Waals surface area contributed by atoms with Gasteiger partial charge in [-0.1, -0.05) is 30.3 Å². The van der Waals surface area contributed by atoms with Gasteiger partial charge in [-0.15, -0.1) is 0 Å². The summed E-state index contributed by atoms with van der Waals surface area (Å²) < 4.78 is 11.2. The zero-order valence-electron chi connectivity index (χ0n) is 12.6. The van der Waals surface area contributed by atoms with Crippen molar-refractivity contribution < 1.29 is 19.1 Å². The van der Waals surface area contributed by atoms with Crippen molar-refractivity contribution in [1.82, 2.24) is 9.55 Å². The predicted octanol–water partition coefficient (Wildman–Crippen LogP) is 1.90. The van der Waals surface area contributed by atoms with Gasteiger partial charge >= 0.3 is 11.9 Å². The molecule has 0 aliphatic carbocycles. The van der Waals surface area contributed by atoms with Crippen LogP contribution in [0.25, 0.3) is 11.4 Å². The average Bonchev–Trinajstić information content (AvgIpc) is 3.03. The summed E-state index contributed by atoms with van der Waals surface area (Å²) in [4.78, 5) is 27.7. The Morgan fingerprint density at radius 2 is 1.77 bits per heavy atom. The number of esters is 2. The molecule has 1 aromatic heterocycles. The van der Waals surface area contributed by atoms with Gasteiger partial charge in [0.15, 0.2) is 5.92 Å². The van der Waals surface area contributed by atoms with Crippen LogP contribution in [0.5, 0.6) is 0 Å². The van der Waals surface area contributed by atoms with Crippen LogP contribution in [-0.4, -0.2) is 35.7 Å². The molecule has 6 heteroatoms. The number of benzene rings is 1. The molecule has 116 valence electrons. The summed E-state index contributed by atoms with van der Waals surface area (Å²) in [5.74, 6) is -1.32. The third-order valence-electron chi connectivity index (χ3n) is 3.38. The zero-order valence-corrected chi connectivity index (χ0v) is 12.6. The zero-order chi connectivity index (χ0) is 15.9. The largest absolute Gasteiger partial charge is 0.468 e. The average molecular weight is 302 g/mol. The minimum Gasteiger partial charge on any atom is -0.468 e. The number of ether oxygens (including phenoxy) is 2. The third kappa shape index (κ3) is 3.52. The molecule has 1 aromatic carbocycles. The number of rotatable bonds is 6. The number of carbonyl (C=O) groups is 2. The highest BCUT2D eigenvalue weighted by Crippen LogP contribution is 2.18. The monoisotopic (exact) mass is 302 g/mol. The van der Waals surface area contributed by atoms with Gasteiger partial charge in [0.2, 0.25) is 0 Å². The quantitative estimate of drug-likeness (QED) is 0.602. The highest BCUT2D eigenvalue weighted by Gasteiger charge is 2.28. The van der Waals surface area contributed by atoms with E-state index in [1.165, 1.54) is 14.2 Å². The molecule has 0 atom stereocenters. The van der Waals surface area contributed by atoms with Crippen LogP contribution in [0.15, 0.2) is 42.7 Å². The molecular weight excluding hydrogens is 284 g/mol. The summed E-state index contributed by atoms with van der Waals surface area (Å²) in [6.45, 7) is 0.457. The second kappa shape index (κ2) is 7.40. The van der Waals surface area contributed by atoms with Gasteiger partial charge < -0.3 is 14.0 Å². The Morgan fingerprint density at radius 1 is 1.14 bits per heavy atom. The van der Waals surface area contributed by atoms with Gasteiger partial charge in [-0.05, 0) is 6.42 Å². The minimum atomic E-state index is -0.930. The molecule has 0 saturated heterocycles. The van der Waals surface area contributed by atoms with Gasteiger partial charge in [0.05, 0.1) is 14.2 Å². The Morgan fingerprint density at radius 3 is 2.36 bits per heavy atom. The lowest BCUT2D eigenvalue weighted by molar-refractivity contribution is -0.159. The maximum absolute atomic E-state index is 11.7. The number of hydrogen-bond donors (Lipinski definition) is 0. The van der Waals surface area contributed by atoms with Gasteiger partial charge in [0.1, 0.15) is 5.82 Å². The molecule has 0 spiro atoms. The predicted molar refractivity (Wildman–Crippen MR) is 79.8 cm³/mol. The van der Waals surface area contributed by atoms with E-state index in [1.54, 1.807) is 6.20 Å². The van der Waals surface area contributed by atoms with Crippen LogP contribution in [0, 0.1) is 5.92 Å². The molecule has 0 amide bonds. The van der Waals surface area contributed by atoms with E-state index in [9.17, 15) is 9.59 Å². The second-order valence-electron chi connectivity index (χ2n) is 4.70. The van der Waals surface area contributed by atoms with Crippen molar-refractivity contribution >= 4 is 11.9 Å². The molecule has 1 heterocycles. The molecule has 0 bridgehead atoms. The van der Waals surface area contributed by atoms with Gasteiger partial charge in [-0.3, -0.25) is 9.59 Å². The highest BCUT2D eigenvalue weighted by atomic mass is 16.5. The Balaban J connectivity index is 2.13. The highest BCUT2D eigenvalue weighted by molar-refractivity contribution is 5.94. The van der Waals surface area contributed by atoms with Crippen LogP contribution in [-0.2, 0) is 25.6 Å². The fourth-order valence-corrected chi connectivity index (χ4v) is 2.22. The van der Waals surface area contributed by atoms with Gasteiger partial charge in [0, 0.05) is 24.5 Å². The van der Waals surface area contributed by atoms with Crippen LogP contribution in [0.1, 0.15) is 6.42 Å². The number of methoxy groups -OCH3 is 2. The molecule has 0 unspecified atom stereocenters. The first-order chi connectivity index (χ1) is 10.7. The third-order valence-corrected chi connectivity index (χ3v) is 3.38. The first-order valence-electron chi connectivity index (χ1n) is 6.89. The number of aromatic nitrogens is 2. The van der Waals surface area contributed by atoms with E-state index in [2.05, 4.69) is 14.5 Å². The van der Waals surface area contributed by atoms with Crippen molar-refractivity contribution in [3.05, 3.63) is 42.7 Å². The van der Waals surface area contributed by atoms with Gasteiger partial charge in [-0.25, -0.2) is 4.98 Å². The summed E-state index contributed by atoms with van der Waals surface area (Å²) in [6, 6.07) is 9.70. The SMILES string of the molecule is COC(=O)C(CCn1ccnc1-c1ccccc1)C(=O)OC. The van der Waals surface area contributed by atoms with E-state index in [-0.39, 0.29) is 6.42 Å². The van der Waals surface area contributed by atoms with Crippen LogP contribution in [0.4, 0.5) is 0 Å². The molecule has 0 fully saturated rings. The molecule has 0 aliphatic rings. The van der Waals surface area contributed by atoms with Crippen molar-refractivity contribution in [3.63, 3.8) is 0 Å². The van der Waals surface area contributed by atoms with Gasteiger partial charge in [0.25, 0.3) is 0 Å². The normalized spacial score (nSPS) is 10.5. The fraction of sp³-hybridized carbons (Fsp3) is 0.312. The molecule has 2 aromatic rings. The van der Waals surface area contributed by atoms with E-state index in [1.807, 2.05) is 41.1 Å². The van der Waals surface area contributed by atoms with E-state index in [4.69, 9.17) is 0 Å². The molecule has 2 rings (SSSR count). The van der Waals surface area contributed by atoms with E-state index in [0.29, 0.717) is 6.54 Å². The second-order valence-corrected chi connectivity index (χ2v) is 4.70. The Kier molecular flexibility index (Phi) is 5.30. The Hall–Kier alpha value is -2.63. The summed E-state index contributed by atoms with van der Waals surface area (Å²) in [7, 11) is 2.51. The van der Waals surface area contributed by atoms with Crippen LogP contribution >= 0.6 is 0 Å². The van der Waals surface area contributed by atoms with E-state index >= 15 is 0 Å². The van der Waals surface area contributed by atoms with Crippen LogP contribution < -0.4 is 0 Å². The maximum atomic E-state index is 11.7. The smallest absolute Gasteiger partial charge is 0.320 e. The van der Waals surface area contributed by atoms with Crippen molar-refractivity contribution in [1.29, 1.82) is 0 Å². The summed E-state index contributed by atoms with van der Waals surface area (Å²) in [5.41, 5.74) is 0.972. The maximum Gasteiger partial charge on any atom is 0.320 e. The summed E-state index contributed by atoms with van der Waals surface area (Å²) in [6.07, 6.45) is 3.79. The lowest BCUT2D eigenvalue weighted by Crippen LogP contribution is -2.27. The van der Waals surface area contributed by atoms with E-state index in [0.717, 1.165) is 11.4 Å². The van der Waals surface area contributed by atoms with Crippen LogP contribution in [0.3, 0.4) is 0 Å². The number of carbonyl (C=O) groups excluding carboxylic acids is 2. The van der Waals surface area contributed by atoms with Crippen LogP contribution in [0.2, 0.25) is 0 Å².